The molecule has 0 aliphatic carbocycles. The number of anilines is 1. The van der Waals surface area contributed by atoms with Crippen LogP contribution in [0.4, 0.5) is 10.5 Å². The minimum absolute atomic E-state index is 0.0158. The Morgan fingerprint density at radius 1 is 1.14 bits per heavy atom. The molecule has 2 N–H and O–H groups in total. The topological polar surface area (TPSA) is 97.0 Å². The Kier molecular flexibility index (Phi) is 9.77. The lowest BCUT2D eigenvalue weighted by molar-refractivity contribution is -0.138. The maximum absolute atomic E-state index is 13.4. The van der Waals surface area contributed by atoms with E-state index in [-0.39, 0.29) is 5.75 Å². The third-order valence-electron chi connectivity index (χ3n) is 4.97. The highest BCUT2D eigenvalue weighted by atomic mass is 32.1. The zero-order chi connectivity index (χ0) is 26.2. The van der Waals surface area contributed by atoms with E-state index in [9.17, 15) is 14.4 Å². The molecule has 0 radical (unpaired) electrons. The van der Waals surface area contributed by atoms with Crippen LogP contribution in [0.3, 0.4) is 0 Å². The van der Waals surface area contributed by atoms with Gasteiger partial charge in [-0.25, -0.2) is 4.79 Å². The molecule has 2 unspecified atom stereocenters. The van der Waals surface area contributed by atoms with Crippen molar-refractivity contribution in [3.05, 3.63) is 66.2 Å². The van der Waals surface area contributed by atoms with Crippen LogP contribution in [-0.2, 0) is 14.3 Å². The Balaban J connectivity index is 2.34. The van der Waals surface area contributed by atoms with Crippen LogP contribution in [0.2, 0.25) is 0 Å². The second-order valence-corrected chi connectivity index (χ2v) is 9.19. The molecular weight excluding hydrogens is 466 g/mol. The van der Waals surface area contributed by atoms with Crippen molar-refractivity contribution in [2.75, 3.05) is 25.2 Å². The molecule has 3 amide bonds. The van der Waals surface area contributed by atoms with Crippen molar-refractivity contribution in [3.8, 4) is 5.75 Å². The van der Waals surface area contributed by atoms with Gasteiger partial charge in [-0.2, -0.15) is 12.6 Å². The van der Waals surface area contributed by atoms with Crippen molar-refractivity contribution < 1.29 is 23.9 Å². The number of methoxy groups -OCH3 is 1. The van der Waals surface area contributed by atoms with E-state index in [4.69, 9.17) is 9.47 Å². The molecule has 188 valence electrons. The predicted octanol–water partition coefficient (Wildman–Crippen LogP) is 4.30. The fraction of sp³-hybridized carbons (Fsp3) is 0.346. The van der Waals surface area contributed by atoms with Gasteiger partial charge in [0, 0.05) is 18.5 Å². The molecule has 0 heterocycles. The highest BCUT2D eigenvalue weighted by molar-refractivity contribution is 7.80. The van der Waals surface area contributed by atoms with E-state index < -0.39 is 35.6 Å². The molecule has 0 aliphatic rings. The summed E-state index contributed by atoms with van der Waals surface area (Å²) in [7, 11) is 3.06. The number of hydrogen-bond acceptors (Lipinski definition) is 6. The molecule has 0 spiro atoms. The van der Waals surface area contributed by atoms with Gasteiger partial charge < -0.3 is 25.0 Å². The summed E-state index contributed by atoms with van der Waals surface area (Å²) in [4.78, 5) is 40.4. The first kappa shape index (κ1) is 27.8. The highest BCUT2D eigenvalue weighted by Gasteiger charge is 2.33. The van der Waals surface area contributed by atoms with Crippen molar-refractivity contribution in [2.45, 2.75) is 38.5 Å². The van der Waals surface area contributed by atoms with Gasteiger partial charge in [0.15, 0.2) is 0 Å². The number of ether oxygens (including phenoxy) is 2. The molecule has 2 aromatic rings. The Labute approximate surface area is 212 Å². The van der Waals surface area contributed by atoms with Crippen LogP contribution in [0, 0.1) is 0 Å². The number of likely N-dealkylation sites (N-methyl/N-ethyl adjacent to an activating group) is 1. The molecule has 2 aromatic carbocycles. The second-order valence-electron chi connectivity index (χ2n) is 8.83. The van der Waals surface area contributed by atoms with Gasteiger partial charge >= 0.3 is 6.09 Å². The molecule has 9 heteroatoms. The monoisotopic (exact) mass is 499 g/mol. The molecule has 8 nitrogen and oxygen atoms in total. The van der Waals surface area contributed by atoms with Gasteiger partial charge in [-0.05, 0) is 62.2 Å². The average molecular weight is 500 g/mol. The van der Waals surface area contributed by atoms with Crippen molar-refractivity contribution >= 4 is 42.3 Å². The quantitative estimate of drug-likeness (QED) is 0.447. The SMILES string of the molecule is C=Cc1cccc(C(C(=O)Nc2ccc(OC)cc2)N(C)C(=O)C(CS)NC(=O)OC(C)(C)C)c1. The molecule has 0 bridgehead atoms. The minimum Gasteiger partial charge on any atom is -0.497 e. The van der Waals surface area contributed by atoms with E-state index in [1.807, 2.05) is 6.07 Å². The molecular formula is C26H33N3O5S. The van der Waals surface area contributed by atoms with Crippen LogP contribution in [0.25, 0.3) is 6.08 Å². The summed E-state index contributed by atoms with van der Waals surface area (Å²) >= 11 is 4.23. The van der Waals surface area contributed by atoms with Gasteiger partial charge in [0.2, 0.25) is 5.91 Å². The van der Waals surface area contributed by atoms with E-state index in [1.54, 1.807) is 76.4 Å². The number of benzene rings is 2. The Hall–Kier alpha value is -3.46. The van der Waals surface area contributed by atoms with E-state index in [0.717, 1.165) is 5.56 Å². The van der Waals surface area contributed by atoms with E-state index in [1.165, 1.54) is 11.9 Å². The van der Waals surface area contributed by atoms with Gasteiger partial charge in [-0.3, -0.25) is 9.59 Å². The van der Waals surface area contributed by atoms with Crippen LogP contribution in [-0.4, -0.2) is 54.4 Å². The van der Waals surface area contributed by atoms with Gasteiger partial charge in [-0.1, -0.05) is 30.9 Å². The first-order valence-electron chi connectivity index (χ1n) is 11.0. The summed E-state index contributed by atoms with van der Waals surface area (Å²) in [6.07, 6.45) is 0.913. The second kappa shape index (κ2) is 12.3. The molecule has 2 rings (SSSR count). The number of amides is 3. The Bertz CT molecular complexity index is 1050. The molecule has 0 saturated carbocycles. The number of rotatable bonds is 9. The maximum Gasteiger partial charge on any atom is 0.408 e. The third kappa shape index (κ3) is 8.06. The molecule has 0 saturated heterocycles. The van der Waals surface area contributed by atoms with E-state index in [0.29, 0.717) is 17.0 Å². The Morgan fingerprint density at radius 2 is 1.80 bits per heavy atom. The summed E-state index contributed by atoms with van der Waals surface area (Å²) < 4.78 is 10.4. The van der Waals surface area contributed by atoms with Crippen LogP contribution in [0.1, 0.15) is 37.9 Å². The van der Waals surface area contributed by atoms with Crippen LogP contribution in [0.15, 0.2) is 55.1 Å². The fourth-order valence-corrected chi connectivity index (χ4v) is 3.55. The smallest absolute Gasteiger partial charge is 0.408 e. The summed E-state index contributed by atoms with van der Waals surface area (Å²) in [5.74, 6) is -0.260. The van der Waals surface area contributed by atoms with Gasteiger partial charge in [0.1, 0.15) is 23.4 Å². The first-order valence-corrected chi connectivity index (χ1v) is 11.7. The standard InChI is InChI=1S/C26H33N3O5S/c1-7-17-9-8-10-18(15-17)22(23(30)27-19-11-13-20(33-6)14-12-19)29(5)24(31)21(16-35)28-25(32)34-26(2,3)4/h7-15,21-22,35H,1,16H2,2-6H3,(H,27,30)(H,28,32). The van der Waals surface area contributed by atoms with Crippen molar-refractivity contribution in [1.82, 2.24) is 10.2 Å². The number of hydrogen-bond donors (Lipinski definition) is 3. The van der Waals surface area contributed by atoms with E-state index >= 15 is 0 Å². The molecule has 35 heavy (non-hydrogen) atoms. The number of carbonyl (C=O) groups excluding carboxylic acids is 3. The van der Waals surface area contributed by atoms with Crippen molar-refractivity contribution in [1.29, 1.82) is 0 Å². The van der Waals surface area contributed by atoms with Crippen LogP contribution in [0.5, 0.6) is 5.75 Å². The zero-order valence-corrected chi connectivity index (χ0v) is 21.6. The summed E-state index contributed by atoms with van der Waals surface area (Å²) in [6, 6.07) is 12.0. The summed E-state index contributed by atoms with van der Waals surface area (Å²) in [5, 5.41) is 5.39. The van der Waals surface area contributed by atoms with Gasteiger partial charge in [0.25, 0.3) is 5.91 Å². The first-order chi connectivity index (χ1) is 16.5. The molecule has 0 aliphatic heterocycles. The maximum atomic E-state index is 13.4. The average Bonchev–Trinajstić information content (AvgIpc) is 2.81. The number of alkyl carbamates (subject to hydrolysis) is 1. The Morgan fingerprint density at radius 3 is 2.34 bits per heavy atom. The van der Waals surface area contributed by atoms with E-state index in [2.05, 4.69) is 29.8 Å². The van der Waals surface area contributed by atoms with Gasteiger partial charge in [-0.15, -0.1) is 0 Å². The van der Waals surface area contributed by atoms with Crippen LogP contribution >= 0.6 is 12.6 Å². The number of carbonyl (C=O) groups is 3. The molecule has 0 fully saturated rings. The number of thiol groups is 1. The minimum atomic E-state index is -1.00. The van der Waals surface area contributed by atoms with Crippen LogP contribution < -0.4 is 15.4 Å². The lowest BCUT2D eigenvalue weighted by atomic mass is 10.0. The fourth-order valence-electron chi connectivity index (χ4n) is 3.30. The zero-order valence-electron chi connectivity index (χ0n) is 20.7. The third-order valence-corrected chi connectivity index (χ3v) is 5.34. The predicted molar refractivity (Wildman–Crippen MR) is 141 cm³/mol. The summed E-state index contributed by atoms with van der Waals surface area (Å²) in [5.41, 5.74) is 1.19. The number of nitrogens with zero attached hydrogens (tertiary/aromatic N) is 1. The molecule has 0 aromatic heterocycles. The van der Waals surface area contributed by atoms with Gasteiger partial charge in [0.05, 0.1) is 7.11 Å². The summed E-state index contributed by atoms with van der Waals surface area (Å²) in [6.45, 7) is 8.95. The largest absolute Gasteiger partial charge is 0.497 e. The highest BCUT2D eigenvalue weighted by Crippen LogP contribution is 2.25. The molecule has 2 atom stereocenters. The van der Waals surface area contributed by atoms with Crippen molar-refractivity contribution in [3.63, 3.8) is 0 Å². The van der Waals surface area contributed by atoms with Crippen molar-refractivity contribution in [2.24, 2.45) is 0 Å². The number of nitrogens with one attached hydrogen (secondary N) is 2. The lowest BCUT2D eigenvalue weighted by Gasteiger charge is -2.31. The normalized spacial score (nSPS) is 12.6. The lowest BCUT2D eigenvalue weighted by Crippen LogP contribution is -2.52.